The van der Waals surface area contributed by atoms with Crippen LogP contribution in [0.5, 0.6) is 0 Å². The summed E-state index contributed by atoms with van der Waals surface area (Å²) < 4.78 is 7.51. The van der Waals surface area contributed by atoms with Gasteiger partial charge in [0.2, 0.25) is 0 Å². The fourth-order valence-corrected chi connectivity index (χ4v) is 10.4. The van der Waals surface area contributed by atoms with Crippen LogP contribution in [0.3, 0.4) is 0 Å². The SMILES string of the molecule is c1ccc(N(c2ccccc2)c2cc(-c3cccc4c3sc3ccccc34)cc(-n3c4ccccc4c4cc5c(cc43)c3ccccc3n5-c3ccccc3)c2)cc1. The van der Waals surface area contributed by atoms with Gasteiger partial charge >= 0.3 is 0 Å². The first-order valence-electron chi connectivity index (χ1n) is 19.8. The van der Waals surface area contributed by atoms with Gasteiger partial charge in [-0.25, -0.2) is 0 Å². The molecule has 4 heteroatoms. The highest BCUT2D eigenvalue weighted by atomic mass is 32.1. The van der Waals surface area contributed by atoms with Gasteiger partial charge in [-0.05, 0) is 96.1 Å². The maximum Gasteiger partial charge on any atom is 0.0548 e. The second kappa shape index (κ2) is 13.1. The third-order valence-electron chi connectivity index (χ3n) is 11.6. The third kappa shape index (κ3) is 5.05. The molecule has 0 aliphatic rings. The van der Waals surface area contributed by atoms with Crippen molar-refractivity contribution >= 4 is 92.2 Å². The molecule has 0 atom stereocenters. The van der Waals surface area contributed by atoms with Crippen molar-refractivity contribution in [2.75, 3.05) is 4.90 Å². The number of rotatable bonds is 6. The minimum Gasteiger partial charge on any atom is -0.310 e. The van der Waals surface area contributed by atoms with Crippen LogP contribution < -0.4 is 4.90 Å². The smallest absolute Gasteiger partial charge is 0.0548 e. The van der Waals surface area contributed by atoms with Gasteiger partial charge in [-0.1, -0.05) is 127 Å². The number of thiophene rings is 1. The number of fused-ring (bicyclic) bond motifs is 9. The Bertz CT molecular complexity index is 3460. The van der Waals surface area contributed by atoms with E-state index in [9.17, 15) is 0 Å². The van der Waals surface area contributed by atoms with E-state index in [1.54, 1.807) is 0 Å². The molecule has 0 radical (unpaired) electrons. The second-order valence-corrected chi connectivity index (χ2v) is 16.0. The number of para-hydroxylation sites is 5. The lowest BCUT2D eigenvalue weighted by Crippen LogP contribution is -2.10. The zero-order valence-corrected chi connectivity index (χ0v) is 32.3. The summed E-state index contributed by atoms with van der Waals surface area (Å²) in [6.45, 7) is 0. The van der Waals surface area contributed by atoms with Crippen molar-refractivity contribution in [3.05, 3.63) is 212 Å². The van der Waals surface area contributed by atoms with Gasteiger partial charge in [-0.2, -0.15) is 0 Å². The van der Waals surface area contributed by atoms with Crippen LogP contribution in [0.4, 0.5) is 17.1 Å². The standard InChI is InChI=1S/C54H35N3S/c1-4-17-37(18-5-1)55(38-19-6-2-7-20-38)40-31-36(42-26-16-27-46-45-25-12-15-30-53(45)58-54(42)46)32-41(33-40)57-50-29-14-11-24-44(50)48-34-51-47(35-52(48)57)43-23-10-13-28-49(43)56(51)39-21-8-3-9-22-39/h1-35H. The van der Waals surface area contributed by atoms with Crippen molar-refractivity contribution in [1.29, 1.82) is 0 Å². The fraction of sp³-hybridized carbons (Fsp3) is 0. The molecule has 0 spiro atoms. The van der Waals surface area contributed by atoms with Crippen molar-refractivity contribution in [3.63, 3.8) is 0 Å². The first-order valence-corrected chi connectivity index (χ1v) is 20.6. The molecule has 9 aromatic carbocycles. The normalized spacial score (nSPS) is 11.8. The first-order chi connectivity index (χ1) is 28.8. The van der Waals surface area contributed by atoms with Crippen LogP contribution >= 0.6 is 11.3 Å². The van der Waals surface area contributed by atoms with Crippen molar-refractivity contribution < 1.29 is 0 Å². The maximum atomic E-state index is 2.49. The van der Waals surface area contributed by atoms with Gasteiger partial charge < -0.3 is 14.0 Å². The first kappa shape index (κ1) is 32.8. The van der Waals surface area contributed by atoms with E-state index in [0.29, 0.717) is 0 Å². The van der Waals surface area contributed by atoms with Crippen LogP contribution in [0.1, 0.15) is 0 Å². The van der Waals surface area contributed by atoms with E-state index in [1.165, 1.54) is 74.9 Å². The molecule has 12 rings (SSSR count). The Morgan fingerprint density at radius 1 is 0.328 bits per heavy atom. The minimum absolute atomic E-state index is 1.09. The molecule has 0 amide bonds. The van der Waals surface area contributed by atoms with Crippen LogP contribution in [-0.2, 0) is 0 Å². The number of aromatic nitrogens is 2. The molecule has 0 saturated heterocycles. The molecule has 58 heavy (non-hydrogen) atoms. The quantitative estimate of drug-likeness (QED) is 0.165. The Morgan fingerprint density at radius 2 is 0.845 bits per heavy atom. The zero-order valence-electron chi connectivity index (χ0n) is 31.5. The van der Waals surface area contributed by atoms with E-state index in [-0.39, 0.29) is 0 Å². The van der Waals surface area contributed by atoms with Crippen LogP contribution in [0.2, 0.25) is 0 Å². The van der Waals surface area contributed by atoms with Crippen LogP contribution in [0.25, 0.3) is 86.3 Å². The Hall–Kier alpha value is -7.40. The lowest BCUT2D eigenvalue weighted by Gasteiger charge is -2.27. The molecule has 12 aromatic rings. The monoisotopic (exact) mass is 757 g/mol. The van der Waals surface area contributed by atoms with E-state index < -0.39 is 0 Å². The van der Waals surface area contributed by atoms with Gasteiger partial charge in [0.25, 0.3) is 0 Å². The summed E-state index contributed by atoms with van der Waals surface area (Å²) in [6.07, 6.45) is 0. The number of benzene rings is 9. The Labute approximate surface area is 339 Å². The highest BCUT2D eigenvalue weighted by Crippen LogP contribution is 2.45. The largest absolute Gasteiger partial charge is 0.310 e. The molecule has 0 bridgehead atoms. The number of anilines is 3. The average Bonchev–Trinajstić information content (AvgIpc) is 3.94. The van der Waals surface area contributed by atoms with Crippen LogP contribution in [-0.4, -0.2) is 9.13 Å². The maximum absolute atomic E-state index is 2.49. The third-order valence-corrected chi connectivity index (χ3v) is 12.9. The highest BCUT2D eigenvalue weighted by molar-refractivity contribution is 7.26. The summed E-state index contributed by atoms with van der Waals surface area (Å²) >= 11 is 1.88. The van der Waals surface area contributed by atoms with Crippen LogP contribution in [0.15, 0.2) is 212 Å². The number of hydrogen-bond acceptors (Lipinski definition) is 2. The second-order valence-electron chi connectivity index (χ2n) is 15.0. The molecule has 3 heterocycles. The van der Waals surface area contributed by atoms with Crippen molar-refractivity contribution in [2.45, 2.75) is 0 Å². The fourth-order valence-electron chi connectivity index (χ4n) is 9.15. The Balaban J connectivity index is 1.19. The topological polar surface area (TPSA) is 13.1 Å². The summed E-state index contributed by atoms with van der Waals surface area (Å²) in [4.78, 5) is 2.39. The molecular formula is C54H35N3S. The summed E-state index contributed by atoms with van der Waals surface area (Å²) in [5.74, 6) is 0. The van der Waals surface area contributed by atoms with E-state index in [4.69, 9.17) is 0 Å². The summed E-state index contributed by atoms with van der Waals surface area (Å²) in [6, 6.07) is 77.5. The molecule has 0 N–H and O–H groups in total. The Morgan fingerprint density at radius 3 is 1.48 bits per heavy atom. The molecule has 0 unspecified atom stereocenters. The molecule has 0 fully saturated rings. The van der Waals surface area contributed by atoms with Gasteiger partial charge in [0.1, 0.15) is 0 Å². The molecule has 3 aromatic heterocycles. The predicted octanol–water partition coefficient (Wildman–Crippen LogP) is 15.4. The lowest BCUT2D eigenvalue weighted by atomic mass is 10.0. The molecule has 0 saturated carbocycles. The van der Waals surface area contributed by atoms with Gasteiger partial charge in [-0.3, -0.25) is 0 Å². The van der Waals surface area contributed by atoms with Gasteiger partial charge in [0.15, 0.2) is 0 Å². The molecule has 3 nitrogen and oxygen atoms in total. The van der Waals surface area contributed by atoms with Gasteiger partial charge in [0, 0.05) is 70.2 Å². The molecule has 272 valence electrons. The van der Waals surface area contributed by atoms with E-state index >= 15 is 0 Å². The van der Waals surface area contributed by atoms with Crippen molar-refractivity contribution in [1.82, 2.24) is 9.13 Å². The Kier molecular flexibility index (Phi) is 7.40. The van der Waals surface area contributed by atoms with E-state index in [0.717, 1.165) is 28.4 Å². The van der Waals surface area contributed by atoms with Gasteiger partial charge in [0.05, 0.1) is 22.1 Å². The van der Waals surface area contributed by atoms with E-state index in [2.05, 4.69) is 226 Å². The summed E-state index contributed by atoms with van der Waals surface area (Å²) in [7, 11) is 0. The zero-order chi connectivity index (χ0) is 38.2. The van der Waals surface area contributed by atoms with Gasteiger partial charge in [-0.15, -0.1) is 11.3 Å². The molecule has 0 aliphatic heterocycles. The number of hydrogen-bond donors (Lipinski definition) is 0. The predicted molar refractivity (Wildman–Crippen MR) is 248 cm³/mol. The van der Waals surface area contributed by atoms with Crippen molar-refractivity contribution in [3.8, 4) is 22.5 Å². The molecule has 0 aliphatic carbocycles. The van der Waals surface area contributed by atoms with E-state index in [1.807, 2.05) is 11.3 Å². The lowest BCUT2D eigenvalue weighted by molar-refractivity contribution is 1.17. The summed E-state index contributed by atoms with van der Waals surface area (Å²) in [5.41, 5.74) is 12.7. The van der Waals surface area contributed by atoms with Crippen LogP contribution in [0, 0.1) is 0 Å². The highest BCUT2D eigenvalue weighted by Gasteiger charge is 2.22. The molecular weight excluding hydrogens is 723 g/mol. The summed E-state index contributed by atoms with van der Waals surface area (Å²) in [5, 5.41) is 7.53. The number of nitrogens with zero attached hydrogens (tertiary/aromatic N) is 3. The minimum atomic E-state index is 1.09. The average molecular weight is 758 g/mol. The van der Waals surface area contributed by atoms with Crippen molar-refractivity contribution in [2.24, 2.45) is 0 Å².